The predicted molar refractivity (Wildman–Crippen MR) is 63.0 cm³/mol. The van der Waals surface area contributed by atoms with Crippen LogP contribution in [0, 0.1) is 0 Å². The van der Waals surface area contributed by atoms with Crippen molar-refractivity contribution in [3.63, 3.8) is 0 Å². The summed E-state index contributed by atoms with van der Waals surface area (Å²) in [6, 6.07) is 6.23. The predicted octanol–water partition coefficient (Wildman–Crippen LogP) is 3.32. The third kappa shape index (κ3) is 1.84. The first kappa shape index (κ1) is 10.1. The fourth-order valence-electron chi connectivity index (χ4n) is 1.73. The highest BCUT2D eigenvalue weighted by Gasteiger charge is 2.05. The summed E-state index contributed by atoms with van der Waals surface area (Å²) in [6.07, 6.45) is 2.80. The molecule has 0 amide bonds. The number of hydrogen-bond acceptors (Lipinski definition) is 2. The first-order chi connectivity index (χ1) is 7.22. The van der Waals surface area contributed by atoms with Crippen LogP contribution in [0.25, 0.3) is 10.9 Å². The molecule has 0 saturated heterocycles. The number of nitrogens with zero attached hydrogens (tertiary/aromatic N) is 2. The second-order valence-electron chi connectivity index (χ2n) is 4.07. The van der Waals surface area contributed by atoms with Gasteiger partial charge in [-0.1, -0.05) is 20.8 Å². The normalized spacial score (nSPS) is 11.2. The Bertz CT molecular complexity index is 475. The zero-order chi connectivity index (χ0) is 10.8. The first-order valence-corrected chi connectivity index (χ1v) is 5.47. The maximum atomic E-state index is 4.64. The molecular formula is C13H16N2. The van der Waals surface area contributed by atoms with Crippen molar-refractivity contribution in [1.29, 1.82) is 0 Å². The van der Waals surface area contributed by atoms with Crippen LogP contribution < -0.4 is 0 Å². The highest BCUT2D eigenvalue weighted by atomic mass is 14.7. The molecule has 0 N–H and O–H groups in total. The van der Waals surface area contributed by atoms with E-state index in [1.807, 2.05) is 12.3 Å². The monoisotopic (exact) mass is 200 g/mol. The number of aromatic nitrogens is 2. The molecule has 0 aliphatic carbocycles. The summed E-state index contributed by atoms with van der Waals surface area (Å²) in [5.41, 5.74) is 3.35. The SMILES string of the molecule is CCc1nccc2nc(C(C)C)ccc12. The molecule has 0 unspecified atom stereocenters. The van der Waals surface area contributed by atoms with Crippen LogP contribution in [0.15, 0.2) is 24.4 Å². The minimum absolute atomic E-state index is 0.479. The molecule has 2 rings (SSSR count). The molecule has 2 heteroatoms. The summed E-state index contributed by atoms with van der Waals surface area (Å²) < 4.78 is 0. The number of fused-ring (bicyclic) bond motifs is 1. The number of rotatable bonds is 2. The van der Waals surface area contributed by atoms with Gasteiger partial charge in [-0.25, -0.2) is 0 Å². The van der Waals surface area contributed by atoms with Crippen LogP contribution in [0.1, 0.15) is 38.1 Å². The molecule has 0 spiro atoms. The van der Waals surface area contributed by atoms with Gasteiger partial charge in [0.2, 0.25) is 0 Å². The molecule has 0 atom stereocenters. The van der Waals surface area contributed by atoms with E-state index >= 15 is 0 Å². The van der Waals surface area contributed by atoms with Gasteiger partial charge in [0.05, 0.1) is 5.52 Å². The molecule has 0 aliphatic rings. The Labute approximate surface area is 90.4 Å². The van der Waals surface area contributed by atoms with E-state index in [1.165, 1.54) is 5.39 Å². The maximum absolute atomic E-state index is 4.64. The highest BCUT2D eigenvalue weighted by molar-refractivity contribution is 5.80. The molecule has 15 heavy (non-hydrogen) atoms. The van der Waals surface area contributed by atoms with Crippen molar-refractivity contribution in [3.05, 3.63) is 35.8 Å². The Hall–Kier alpha value is -1.44. The lowest BCUT2D eigenvalue weighted by Gasteiger charge is -2.07. The zero-order valence-corrected chi connectivity index (χ0v) is 9.49. The van der Waals surface area contributed by atoms with Crippen LogP contribution in [0.5, 0.6) is 0 Å². The molecule has 0 saturated carbocycles. The van der Waals surface area contributed by atoms with Crippen LogP contribution in [0.3, 0.4) is 0 Å². The lowest BCUT2D eigenvalue weighted by molar-refractivity contribution is 0.829. The summed E-state index contributed by atoms with van der Waals surface area (Å²) in [5, 5.41) is 1.18. The average molecular weight is 200 g/mol. The van der Waals surface area contributed by atoms with E-state index in [0.29, 0.717) is 5.92 Å². The Morgan fingerprint density at radius 1 is 1.20 bits per heavy atom. The molecule has 2 nitrogen and oxygen atoms in total. The van der Waals surface area contributed by atoms with Gasteiger partial charge in [-0.3, -0.25) is 9.97 Å². The summed E-state index contributed by atoms with van der Waals surface area (Å²) >= 11 is 0. The van der Waals surface area contributed by atoms with Gasteiger partial charge in [0.25, 0.3) is 0 Å². The number of hydrogen-bond donors (Lipinski definition) is 0. The third-order valence-corrected chi connectivity index (χ3v) is 2.65. The second kappa shape index (κ2) is 3.97. The Morgan fingerprint density at radius 3 is 2.67 bits per heavy atom. The molecule has 0 radical (unpaired) electrons. The smallest absolute Gasteiger partial charge is 0.0739 e. The van der Waals surface area contributed by atoms with E-state index in [1.54, 1.807) is 0 Å². The molecule has 0 aromatic carbocycles. The van der Waals surface area contributed by atoms with Gasteiger partial charge in [0.15, 0.2) is 0 Å². The summed E-state index contributed by atoms with van der Waals surface area (Å²) in [4.78, 5) is 9.00. The Morgan fingerprint density at radius 2 is 2.00 bits per heavy atom. The minimum atomic E-state index is 0.479. The van der Waals surface area contributed by atoms with Gasteiger partial charge in [-0.2, -0.15) is 0 Å². The Kier molecular flexibility index (Phi) is 2.67. The number of aryl methyl sites for hydroxylation is 1. The van der Waals surface area contributed by atoms with Gasteiger partial charge < -0.3 is 0 Å². The zero-order valence-electron chi connectivity index (χ0n) is 9.49. The van der Waals surface area contributed by atoms with Gasteiger partial charge in [-0.05, 0) is 30.5 Å². The van der Waals surface area contributed by atoms with E-state index in [0.717, 1.165) is 23.3 Å². The molecular weight excluding hydrogens is 184 g/mol. The van der Waals surface area contributed by atoms with Crippen molar-refractivity contribution < 1.29 is 0 Å². The molecule has 2 aromatic rings. The molecule has 0 bridgehead atoms. The van der Waals surface area contributed by atoms with Crippen LogP contribution in [-0.2, 0) is 6.42 Å². The second-order valence-corrected chi connectivity index (χ2v) is 4.07. The van der Waals surface area contributed by atoms with Gasteiger partial charge in [0, 0.05) is 23.0 Å². The van der Waals surface area contributed by atoms with E-state index in [4.69, 9.17) is 0 Å². The molecule has 0 fully saturated rings. The van der Waals surface area contributed by atoms with E-state index < -0.39 is 0 Å². The lowest BCUT2D eigenvalue weighted by atomic mass is 10.1. The highest BCUT2D eigenvalue weighted by Crippen LogP contribution is 2.19. The molecule has 2 heterocycles. The van der Waals surface area contributed by atoms with Gasteiger partial charge in [0.1, 0.15) is 0 Å². The Balaban J connectivity index is 2.63. The maximum Gasteiger partial charge on any atom is 0.0739 e. The third-order valence-electron chi connectivity index (χ3n) is 2.65. The standard InChI is InChI=1S/C13H16N2/c1-4-11-10-5-6-12(9(2)3)15-13(10)7-8-14-11/h5-9H,4H2,1-3H3. The van der Waals surface area contributed by atoms with Crippen molar-refractivity contribution >= 4 is 10.9 Å². The van der Waals surface area contributed by atoms with Crippen LogP contribution >= 0.6 is 0 Å². The molecule has 2 aromatic heterocycles. The van der Waals surface area contributed by atoms with Crippen LogP contribution in [-0.4, -0.2) is 9.97 Å². The minimum Gasteiger partial charge on any atom is -0.261 e. The van der Waals surface area contributed by atoms with E-state index in [-0.39, 0.29) is 0 Å². The van der Waals surface area contributed by atoms with Crippen molar-refractivity contribution in [2.75, 3.05) is 0 Å². The van der Waals surface area contributed by atoms with Crippen molar-refractivity contribution in [1.82, 2.24) is 9.97 Å². The summed E-state index contributed by atoms with van der Waals surface area (Å²) in [6.45, 7) is 6.45. The quantitative estimate of drug-likeness (QED) is 0.743. The van der Waals surface area contributed by atoms with Crippen LogP contribution in [0.2, 0.25) is 0 Å². The fourth-order valence-corrected chi connectivity index (χ4v) is 1.73. The molecule has 78 valence electrons. The van der Waals surface area contributed by atoms with Crippen LogP contribution in [0.4, 0.5) is 0 Å². The summed E-state index contributed by atoms with van der Waals surface area (Å²) in [5.74, 6) is 0.479. The van der Waals surface area contributed by atoms with E-state index in [2.05, 4.69) is 42.9 Å². The summed E-state index contributed by atoms with van der Waals surface area (Å²) in [7, 11) is 0. The fraction of sp³-hybridized carbons (Fsp3) is 0.385. The largest absolute Gasteiger partial charge is 0.261 e. The molecule has 0 aliphatic heterocycles. The van der Waals surface area contributed by atoms with Gasteiger partial charge in [-0.15, -0.1) is 0 Å². The number of pyridine rings is 2. The average Bonchev–Trinajstić information content (AvgIpc) is 2.27. The first-order valence-electron chi connectivity index (χ1n) is 5.47. The van der Waals surface area contributed by atoms with Crippen molar-refractivity contribution in [3.8, 4) is 0 Å². The van der Waals surface area contributed by atoms with E-state index in [9.17, 15) is 0 Å². The topological polar surface area (TPSA) is 25.8 Å². The van der Waals surface area contributed by atoms with Crippen molar-refractivity contribution in [2.45, 2.75) is 33.1 Å². The van der Waals surface area contributed by atoms with Gasteiger partial charge >= 0.3 is 0 Å². The van der Waals surface area contributed by atoms with Crippen molar-refractivity contribution in [2.24, 2.45) is 0 Å². The lowest BCUT2D eigenvalue weighted by Crippen LogP contribution is -1.95.